The van der Waals surface area contributed by atoms with E-state index >= 15 is 0 Å². The molecule has 1 saturated carbocycles. The molecule has 0 aromatic heterocycles. The summed E-state index contributed by atoms with van der Waals surface area (Å²) >= 11 is 0. The molecule has 0 aliphatic heterocycles. The third-order valence-electron chi connectivity index (χ3n) is 3.79. The maximum absolute atomic E-state index is 11.9. The number of carbonyl (C=O) groups excluding carboxylic acids is 1. The molecule has 0 atom stereocenters. The highest BCUT2D eigenvalue weighted by Crippen LogP contribution is 2.26. The number of rotatable bonds is 6. The van der Waals surface area contributed by atoms with Gasteiger partial charge in [-0.3, -0.25) is 4.79 Å². The fourth-order valence-corrected chi connectivity index (χ4v) is 2.39. The van der Waals surface area contributed by atoms with Crippen molar-refractivity contribution in [2.45, 2.75) is 25.7 Å². The van der Waals surface area contributed by atoms with E-state index in [1.54, 1.807) is 24.3 Å². The predicted octanol–water partition coefficient (Wildman–Crippen LogP) is 2.62. The summed E-state index contributed by atoms with van der Waals surface area (Å²) in [5.74, 6) is 0.830. The summed E-state index contributed by atoms with van der Waals surface area (Å²) in [6.07, 6.45) is 4.50. The molecular formula is C16H21N3O. The molecule has 1 aromatic carbocycles. The summed E-state index contributed by atoms with van der Waals surface area (Å²) in [4.78, 5) is 14.1. The van der Waals surface area contributed by atoms with Crippen LogP contribution in [0, 0.1) is 17.2 Å². The number of carbonyl (C=O) groups is 1. The largest absolute Gasteiger partial charge is 0.326 e. The van der Waals surface area contributed by atoms with Crippen molar-refractivity contribution in [2.75, 3.05) is 25.5 Å². The summed E-state index contributed by atoms with van der Waals surface area (Å²) < 4.78 is 0. The molecule has 1 amide bonds. The van der Waals surface area contributed by atoms with Crippen molar-refractivity contribution in [1.82, 2.24) is 4.90 Å². The van der Waals surface area contributed by atoms with Gasteiger partial charge < -0.3 is 10.2 Å². The highest BCUT2D eigenvalue weighted by atomic mass is 16.1. The summed E-state index contributed by atoms with van der Waals surface area (Å²) in [5.41, 5.74) is 1.25. The second-order valence-corrected chi connectivity index (χ2v) is 5.55. The Morgan fingerprint density at radius 1 is 1.50 bits per heavy atom. The summed E-state index contributed by atoms with van der Waals surface area (Å²) in [5, 5.41) is 11.7. The lowest BCUT2D eigenvalue weighted by atomic mass is 9.85. The van der Waals surface area contributed by atoms with E-state index in [-0.39, 0.29) is 5.91 Å². The molecule has 1 fully saturated rings. The Kier molecular flexibility index (Phi) is 5.14. The average Bonchev–Trinajstić information content (AvgIpc) is 2.41. The molecule has 4 heteroatoms. The molecule has 0 radical (unpaired) electrons. The molecule has 1 aliphatic carbocycles. The van der Waals surface area contributed by atoms with Crippen LogP contribution in [0.3, 0.4) is 0 Å². The first-order valence-corrected chi connectivity index (χ1v) is 7.16. The van der Waals surface area contributed by atoms with Gasteiger partial charge in [-0.2, -0.15) is 5.26 Å². The standard InChI is InChI=1S/C16H21N3O/c1-19(12-13-4-2-5-13)9-8-16(20)18-15-7-3-6-14(10-15)11-17/h3,6-7,10,13H,2,4-5,8-9,12H2,1H3,(H,18,20). The molecule has 0 saturated heterocycles. The molecule has 0 unspecified atom stereocenters. The van der Waals surface area contributed by atoms with Crippen LogP contribution in [0.2, 0.25) is 0 Å². The van der Waals surface area contributed by atoms with Crippen molar-refractivity contribution in [1.29, 1.82) is 5.26 Å². The topological polar surface area (TPSA) is 56.1 Å². The lowest BCUT2D eigenvalue weighted by Crippen LogP contribution is -2.31. The van der Waals surface area contributed by atoms with Gasteiger partial charge in [0.2, 0.25) is 5.91 Å². The molecule has 106 valence electrons. The van der Waals surface area contributed by atoms with E-state index in [1.165, 1.54) is 19.3 Å². The number of nitriles is 1. The SMILES string of the molecule is CN(CCC(=O)Nc1cccc(C#N)c1)CC1CCC1. The fourth-order valence-electron chi connectivity index (χ4n) is 2.39. The van der Waals surface area contributed by atoms with Crippen molar-refractivity contribution in [3.63, 3.8) is 0 Å². The summed E-state index contributed by atoms with van der Waals surface area (Å²) in [7, 11) is 2.07. The zero-order valence-electron chi connectivity index (χ0n) is 11.9. The Hall–Kier alpha value is -1.86. The fraction of sp³-hybridized carbons (Fsp3) is 0.500. The van der Waals surface area contributed by atoms with Gasteiger partial charge in [-0.25, -0.2) is 0 Å². The maximum Gasteiger partial charge on any atom is 0.225 e. The molecule has 1 aliphatic rings. The highest BCUT2D eigenvalue weighted by molar-refractivity contribution is 5.90. The Bertz CT molecular complexity index is 503. The van der Waals surface area contributed by atoms with Crippen molar-refractivity contribution < 1.29 is 4.79 Å². The van der Waals surface area contributed by atoms with Gasteiger partial charge >= 0.3 is 0 Å². The van der Waals surface area contributed by atoms with Crippen LogP contribution in [0.15, 0.2) is 24.3 Å². The van der Waals surface area contributed by atoms with Crippen LogP contribution in [0.25, 0.3) is 0 Å². The third-order valence-corrected chi connectivity index (χ3v) is 3.79. The minimum atomic E-state index is 0.000509. The van der Waals surface area contributed by atoms with E-state index in [0.717, 1.165) is 19.0 Å². The maximum atomic E-state index is 11.9. The van der Waals surface area contributed by atoms with Gasteiger partial charge in [-0.1, -0.05) is 12.5 Å². The quantitative estimate of drug-likeness (QED) is 0.865. The van der Waals surface area contributed by atoms with E-state index in [9.17, 15) is 4.79 Å². The Morgan fingerprint density at radius 3 is 2.95 bits per heavy atom. The molecule has 1 N–H and O–H groups in total. The first kappa shape index (κ1) is 14.5. The van der Waals surface area contributed by atoms with Crippen LogP contribution >= 0.6 is 0 Å². The van der Waals surface area contributed by atoms with Crippen LogP contribution < -0.4 is 5.32 Å². The summed E-state index contributed by atoms with van der Waals surface area (Å²) in [6, 6.07) is 9.06. The van der Waals surface area contributed by atoms with Crippen molar-refractivity contribution in [3.05, 3.63) is 29.8 Å². The Morgan fingerprint density at radius 2 is 2.30 bits per heavy atom. The molecule has 0 spiro atoms. The third kappa shape index (κ3) is 4.36. The molecule has 1 aromatic rings. The first-order chi connectivity index (χ1) is 9.67. The summed E-state index contributed by atoms with van der Waals surface area (Å²) in [6.45, 7) is 1.87. The Balaban J connectivity index is 1.72. The highest BCUT2D eigenvalue weighted by Gasteiger charge is 2.19. The van der Waals surface area contributed by atoms with Gasteiger partial charge in [-0.05, 0) is 44.0 Å². The first-order valence-electron chi connectivity index (χ1n) is 7.16. The van der Waals surface area contributed by atoms with Gasteiger partial charge in [0.25, 0.3) is 0 Å². The predicted molar refractivity (Wildman–Crippen MR) is 79.2 cm³/mol. The molecule has 0 heterocycles. The normalized spacial score (nSPS) is 14.7. The van der Waals surface area contributed by atoms with E-state index < -0.39 is 0 Å². The zero-order chi connectivity index (χ0) is 14.4. The average molecular weight is 271 g/mol. The van der Waals surface area contributed by atoms with Crippen molar-refractivity contribution in [2.24, 2.45) is 5.92 Å². The number of nitrogens with zero attached hydrogens (tertiary/aromatic N) is 2. The van der Waals surface area contributed by atoms with Gasteiger partial charge in [0.15, 0.2) is 0 Å². The number of hydrogen-bond donors (Lipinski definition) is 1. The number of benzene rings is 1. The second kappa shape index (κ2) is 7.06. The van der Waals surface area contributed by atoms with E-state index in [2.05, 4.69) is 23.3 Å². The minimum absolute atomic E-state index is 0.000509. The molecule has 2 rings (SSSR count). The Labute approximate surface area is 120 Å². The van der Waals surface area contributed by atoms with E-state index in [0.29, 0.717) is 17.7 Å². The van der Waals surface area contributed by atoms with Crippen LogP contribution in [-0.4, -0.2) is 30.9 Å². The minimum Gasteiger partial charge on any atom is -0.326 e. The monoisotopic (exact) mass is 271 g/mol. The van der Waals surface area contributed by atoms with Crippen LogP contribution in [0.5, 0.6) is 0 Å². The molecular weight excluding hydrogens is 250 g/mol. The number of nitrogens with one attached hydrogen (secondary N) is 1. The number of hydrogen-bond acceptors (Lipinski definition) is 3. The smallest absolute Gasteiger partial charge is 0.225 e. The number of amides is 1. The molecule has 0 bridgehead atoms. The molecule has 20 heavy (non-hydrogen) atoms. The van der Waals surface area contributed by atoms with Crippen LogP contribution in [-0.2, 0) is 4.79 Å². The van der Waals surface area contributed by atoms with Gasteiger partial charge in [0.1, 0.15) is 0 Å². The van der Waals surface area contributed by atoms with E-state index in [4.69, 9.17) is 5.26 Å². The van der Waals surface area contributed by atoms with Crippen molar-refractivity contribution >= 4 is 11.6 Å². The van der Waals surface area contributed by atoms with E-state index in [1.807, 2.05) is 0 Å². The van der Waals surface area contributed by atoms with Crippen LogP contribution in [0.1, 0.15) is 31.2 Å². The van der Waals surface area contributed by atoms with Gasteiger partial charge in [-0.15, -0.1) is 0 Å². The van der Waals surface area contributed by atoms with Gasteiger partial charge in [0.05, 0.1) is 11.6 Å². The van der Waals surface area contributed by atoms with Crippen molar-refractivity contribution in [3.8, 4) is 6.07 Å². The van der Waals surface area contributed by atoms with Gasteiger partial charge in [0, 0.05) is 25.2 Å². The number of anilines is 1. The lowest BCUT2D eigenvalue weighted by molar-refractivity contribution is -0.116. The second-order valence-electron chi connectivity index (χ2n) is 5.55. The zero-order valence-corrected chi connectivity index (χ0v) is 11.9. The molecule has 4 nitrogen and oxygen atoms in total. The lowest BCUT2D eigenvalue weighted by Gasteiger charge is -2.29. The van der Waals surface area contributed by atoms with Crippen LogP contribution in [0.4, 0.5) is 5.69 Å².